The zero-order valence-corrected chi connectivity index (χ0v) is 12.4. The van der Waals surface area contributed by atoms with Gasteiger partial charge in [-0.15, -0.1) is 0 Å². The second-order valence-corrected chi connectivity index (χ2v) is 5.21. The lowest BCUT2D eigenvalue weighted by molar-refractivity contribution is -0.141. The summed E-state index contributed by atoms with van der Waals surface area (Å²) < 4.78 is 5.16. The van der Waals surface area contributed by atoms with Crippen LogP contribution < -0.4 is 10.1 Å². The molecule has 1 aromatic rings. The molecule has 0 heterocycles. The van der Waals surface area contributed by atoms with Crippen molar-refractivity contribution in [3.8, 4) is 5.75 Å². The van der Waals surface area contributed by atoms with Gasteiger partial charge in [0.1, 0.15) is 11.8 Å². The van der Waals surface area contributed by atoms with Crippen molar-refractivity contribution >= 4 is 23.6 Å². The number of hydrogen-bond donors (Lipinski definition) is 2. The van der Waals surface area contributed by atoms with E-state index in [2.05, 4.69) is 5.32 Å². The van der Waals surface area contributed by atoms with Crippen molar-refractivity contribution in [2.75, 3.05) is 19.1 Å². The van der Waals surface area contributed by atoms with E-state index >= 15 is 0 Å². The average Bonchev–Trinajstić information content (AvgIpc) is 2.43. The Morgan fingerprint density at radius 3 is 2.70 bits per heavy atom. The zero-order chi connectivity index (χ0) is 15.0. The minimum Gasteiger partial charge on any atom is -0.496 e. The van der Waals surface area contributed by atoms with E-state index in [1.165, 1.54) is 7.11 Å². The third-order valence-electron chi connectivity index (χ3n) is 2.79. The van der Waals surface area contributed by atoms with Crippen LogP contribution in [0.4, 0.5) is 0 Å². The SMILES string of the molecule is COc1ccccc1CC(=O)N[C@@H](CCSC)C(=O)O. The van der Waals surface area contributed by atoms with Crippen LogP contribution in [0.5, 0.6) is 5.75 Å². The fourth-order valence-corrected chi connectivity index (χ4v) is 2.23. The molecule has 20 heavy (non-hydrogen) atoms. The van der Waals surface area contributed by atoms with Crippen molar-refractivity contribution in [2.45, 2.75) is 18.9 Å². The molecule has 1 aromatic carbocycles. The van der Waals surface area contributed by atoms with E-state index < -0.39 is 12.0 Å². The summed E-state index contributed by atoms with van der Waals surface area (Å²) in [4.78, 5) is 23.0. The number of aliphatic carboxylic acids is 1. The van der Waals surface area contributed by atoms with E-state index in [0.29, 0.717) is 17.9 Å². The molecule has 1 atom stereocenters. The molecule has 110 valence electrons. The second-order valence-electron chi connectivity index (χ2n) is 4.23. The molecule has 1 rings (SSSR count). The maximum absolute atomic E-state index is 11.9. The number of methoxy groups -OCH3 is 1. The number of carboxylic acid groups (broad SMARTS) is 1. The van der Waals surface area contributed by atoms with E-state index in [0.717, 1.165) is 5.56 Å². The predicted octanol–water partition coefficient (Wildman–Crippen LogP) is 1.56. The van der Waals surface area contributed by atoms with E-state index in [1.54, 1.807) is 23.9 Å². The molecule has 0 unspecified atom stereocenters. The highest BCUT2D eigenvalue weighted by Gasteiger charge is 2.19. The monoisotopic (exact) mass is 297 g/mol. The van der Waals surface area contributed by atoms with Crippen molar-refractivity contribution in [1.29, 1.82) is 0 Å². The van der Waals surface area contributed by atoms with Crippen molar-refractivity contribution in [2.24, 2.45) is 0 Å². The third-order valence-corrected chi connectivity index (χ3v) is 3.43. The number of thioether (sulfide) groups is 1. The number of para-hydroxylation sites is 1. The zero-order valence-electron chi connectivity index (χ0n) is 11.6. The van der Waals surface area contributed by atoms with Gasteiger partial charge >= 0.3 is 5.97 Å². The number of rotatable bonds is 8. The Morgan fingerprint density at radius 2 is 2.10 bits per heavy atom. The molecule has 1 amide bonds. The average molecular weight is 297 g/mol. The van der Waals surface area contributed by atoms with Crippen LogP contribution in [-0.4, -0.2) is 42.1 Å². The van der Waals surface area contributed by atoms with Gasteiger partial charge in [-0.05, 0) is 24.5 Å². The van der Waals surface area contributed by atoms with Crippen LogP contribution in [0.2, 0.25) is 0 Å². The largest absolute Gasteiger partial charge is 0.496 e. The molecule has 0 aliphatic carbocycles. The normalized spacial score (nSPS) is 11.7. The highest BCUT2D eigenvalue weighted by molar-refractivity contribution is 7.98. The Bertz CT molecular complexity index is 464. The van der Waals surface area contributed by atoms with Crippen molar-refractivity contribution in [3.63, 3.8) is 0 Å². The predicted molar refractivity (Wildman–Crippen MR) is 79.3 cm³/mol. The molecule has 5 nitrogen and oxygen atoms in total. The van der Waals surface area contributed by atoms with Crippen molar-refractivity contribution in [3.05, 3.63) is 29.8 Å². The molecule has 0 aliphatic rings. The van der Waals surface area contributed by atoms with E-state index in [9.17, 15) is 9.59 Å². The Balaban J connectivity index is 2.63. The summed E-state index contributed by atoms with van der Waals surface area (Å²) in [5.41, 5.74) is 0.738. The molecule has 0 fully saturated rings. The van der Waals surface area contributed by atoms with Gasteiger partial charge in [0.2, 0.25) is 5.91 Å². The molecular weight excluding hydrogens is 278 g/mol. The maximum Gasteiger partial charge on any atom is 0.326 e. The number of benzene rings is 1. The summed E-state index contributed by atoms with van der Waals surface area (Å²) in [6.45, 7) is 0. The van der Waals surface area contributed by atoms with Crippen molar-refractivity contribution < 1.29 is 19.4 Å². The van der Waals surface area contributed by atoms with Gasteiger partial charge in [-0.25, -0.2) is 4.79 Å². The fourth-order valence-electron chi connectivity index (χ4n) is 1.76. The Hall–Kier alpha value is -1.69. The molecule has 0 spiro atoms. The number of amides is 1. The van der Waals surface area contributed by atoms with Gasteiger partial charge in [0.15, 0.2) is 0 Å². The number of carbonyl (C=O) groups excluding carboxylic acids is 1. The lowest BCUT2D eigenvalue weighted by Crippen LogP contribution is -2.41. The Labute approximate surface area is 122 Å². The summed E-state index contributed by atoms with van der Waals surface area (Å²) in [7, 11) is 1.54. The van der Waals surface area contributed by atoms with Crippen LogP contribution in [0.3, 0.4) is 0 Å². The number of nitrogens with one attached hydrogen (secondary N) is 1. The van der Waals surface area contributed by atoms with Gasteiger partial charge < -0.3 is 15.2 Å². The lowest BCUT2D eigenvalue weighted by Gasteiger charge is -2.14. The van der Waals surface area contributed by atoms with E-state index in [-0.39, 0.29) is 12.3 Å². The molecule has 0 saturated carbocycles. The molecule has 0 bridgehead atoms. The second kappa shape index (κ2) is 8.47. The maximum atomic E-state index is 11.9. The molecule has 0 aromatic heterocycles. The standard InChI is InChI=1S/C14H19NO4S/c1-19-12-6-4-3-5-10(12)9-13(16)15-11(14(17)18)7-8-20-2/h3-6,11H,7-9H2,1-2H3,(H,15,16)(H,17,18)/t11-/m0/s1. The summed E-state index contributed by atoms with van der Waals surface area (Å²) in [6, 6.07) is 6.34. The fraction of sp³-hybridized carbons (Fsp3) is 0.429. The number of carboxylic acids is 1. The van der Waals surface area contributed by atoms with Crippen LogP contribution in [0.1, 0.15) is 12.0 Å². The summed E-state index contributed by atoms with van der Waals surface area (Å²) in [5.74, 6) is -0.0135. The lowest BCUT2D eigenvalue weighted by atomic mass is 10.1. The number of hydrogen-bond acceptors (Lipinski definition) is 4. The van der Waals surface area contributed by atoms with Crippen molar-refractivity contribution in [1.82, 2.24) is 5.32 Å². The van der Waals surface area contributed by atoms with Crippen LogP contribution in [0.15, 0.2) is 24.3 Å². The highest BCUT2D eigenvalue weighted by Crippen LogP contribution is 2.17. The van der Waals surface area contributed by atoms with Gasteiger partial charge in [-0.2, -0.15) is 11.8 Å². The Kier molecular flexibility index (Phi) is 6.93. The summed E-state index contributed by atoms with van der Waals surface area (Å²) >= 11 is 1.55. The minimum absolute atomic E-state index is 0.104. The molecular formula is C14H19NO4S. The first kappa shape index (κ1) is 16.4. The summed E-state index contributed by atoms with van der Waals surface area (Å²) in [5, 5.41) is 11.6. The first-order valence-electron chi connectivity index (χ1n) is 6.21. The smallest absolute Gasteiger partial charge is 0.326 e. The summed E-state index contributed by atoms with van der Waals surface area (Å²) in [6.07, 6.45) is 2.41. The quantitative estimate of drug-likeness (QED) is 0.761. The molecule has 2 N–H and O–H groups in total. The van der Waals surface area contributed by atoms with Crippen LogP contribution in [0.25, 0.3) is 0 Å². The number of ether oxygens (including phenoxy) is 1. The first-order valence-corrected chi connectivity index (χ1v) is 7.61. The van der Waals surface area contributed by atoms with Crippen LogP contribution >= 0.6 is 11.8 Å². The molecule has 0 aliphatic heterocycles. The molecule has 0 radical (unpaired) electrons. The molecule has 0 saturated heterocycles. The van der Waals surface area contributed by atoms with Gasteiger partial charge in [-0.3, -0.25) is 4.79 Å². The highest BCUT2D eigenvalue weighted by atomic mass is 32.2. The van der Waals surface area contributed by atoms with Crippen LogP contribution in [0, 0.1) is 0 Å². The van der Waals surface area contributed by atoms with E-state index in [4.69, 9.17) is 9.84 Å². The van der Waals surface area contributed by atoms with Gasteiger partial charge in [0.25, 0.3) is 0 Å². The van der Waals surface area contributed by atoms with E-state index in [1.807, 2.05) is 18.4 Å². The first-order chi connectivity index (χ1) is 9.58. The third kappa shape index (κ3) is 5.13. The minimum atomic E-state index is -1.01. The van der Waals surface area contributed by atoms with Gasteiger partial charge in [0.05, 0.1) is 13.5 Å². The molecule has 6 heteroatoms. The Morgan fingerprint density at radius 1 is 1.40 bits per heavy atom. The van der Waals surface area contributed by atoms with Crippen LogP contribution in [-0.2, 0) is 16.0 Å². The number of carbonyl (C=O) groups is 2. The van der Waals surface area contributed by atoms with Gasteiger partial charge in [-0.1, -0.05) is 18.2 Å². The topological polar surface area (TPSA) is 75.6 Å². The van der Waals surface area contributed by atoms with Gasteiger partial charge in [0, 0.05) is 5.56 Å².